The number of sulfonamides is 1. The van der Waals surface area contributed by atoms with E-state index in [2.05, 4.69) is 23.9 Å². The lowest BCUT2D eigenvalue weighted by atomic mass is 10.3. The molecule has 0 spiro atoms. The third-order valence-electron chi connectivity index (χ3n) is 3.21. The summed E-state index contributed by atoms with van der Waals surface area (Å²) in [6.07, 6.45) is 2.19. The van der Waals surface area contributed by atoms with Crippen LogP contribution >= 0.6 is 0 Å². The Morgan fingerprint density at radius 3 is 2.56 bits per heavy atom. The summed E-state index contributed by atoms with van der Waals surface area (Å²) < 4.78 is 26.3. The minimum atomic E-state index is -3.13. The van der Waals surface area contributed by atoms with E-state index in [1.54, 1.807) is 6.92 Å². The molecule has 2 N–H and O–H groups in total. The van der Waals surface area contributed by atoms with Crippen molar-refractivity contribution in [2.24, 2.45) is 11.8 Å². The van der Waals surface area contributed by atoms with E-state index in [0.717, 1.165) is 19.4 Å². The monoisotopic (exact) mass is 248 g/mol. The smallest absolute Gasteiger partial charge is 0.215 e. The van der Waals surface area contributed by atoms with Gasteiger partial charge in [-0.05, 0) is 38.1 Å². The molecule has 0 bridgehead atoms. The Bertz CT molecular complexity index is 303. The molecule has 0 aromatic heterocycles. The molecule has 3 atom stereocenters. The lowest BCUT2D eigenvalue weighted by Gasteiger charge is -2.14. The molecule has 1 aliphatic carbocycles. The van der Waals surface area contributed by atoms with E-state index in [-0.39, 0.29) is 5.25 Å². The average Bonchev–Trinajstić information content (AvgIpc) is 2.92. The molecule has 0 heterocycles. The summed E-state index contributed by atoms with van der Waals surface area (Å²) in [6, 6.07) is 0. The molecular weight excluding hydrogens is 224 g/mol. The van der Waals surface area contributed by atoms with Crippen LogP contribution in [0.4, 0.5) is 0 Å². The van der Waals surface area contributed by atoms with Crippen LogP contribution in [0.1, 0.15) is 33.6 Å². The highest BCUT2D eigenvalue weighted by molar-refractivity contribution is 7.90. The van der Waals surface area contributed by atoms with Gasteiger partial charge >= 0.3 is 0 Å². The first-order valence-electron chi connectivity index (χ1n) is 6.16. The van der Waals surface area contributed by atoms with Gasteiger partial charge in [-0.15, -0.1) is 0 Å². The molecule has 0 saturated heterocycles. The Morgan fingerprint density at radius 2 is 2.06 bits per heavy atom. The number of hydrogen-bond donors (Lipinski definition) is 2. The third-order valence-corrected chi connectivity index (χ3v) is 5.01. The van der Waals surface area contributed by atoms with E-state index >= 15 is 0 Å². The van der Waals surface area contributed by atoms with E-state index in [1.807, 2.05) is 0 Å². The van der Waals surface area contributed by atoms with Gasteiger partial charge < -0.3 is 5.32 Å². The molecule has 0 aromatic carbocycles. The third kappa shape index (κ3) is 4.39. The van der Waals surface area contributed by atoms with Crippen molar-refractivity contribution in [2.75, 3.05) is 19.6 Å². The lowest BCUT2D eigenvalue weighted by molar-refractivity contribution is 0.551. The van der Waals surface area contributed by atoms with Gasteiger partial charge in [0.05, 0.1) is 5.25 Å². The quantitative estimate of drug-likeness (QED) is 0.629. The number of nitrogens with one attached hydrogen (secondary N) is 2. The normalized spacial score (nSPS) is 26.7. The second-order valence-corrected chi connectivity index (χ2v) is 7.06. The molecule has 4 nitrogen and oxygen atoms in total. The number of rotatable bonds is 8. The largest absolute Gasteiger partial charge is 0.315 e. The van der Waals surface area contributed by atoms with Crippen molar-refractivity contribution in [2.45, 2.75) is 38.9 Å². The fourth-order valence-electron chi connectivity index (χ4n) is 1.64. The second-order valence-electron chi connectivity index (χ2n) is 4.88. The fourth-order valence-corrected chi connectivity index (χ4v) is 2.71. The summed E-state index contributed by atoms with van der Waals surface area (Å²) in [6.45, 7) is 8.00. The van der Waals surface area contributed by atoms with Gasteiger partial charge in [-0.25, -0.2) is 13.1 Å². The predicted octanol–water partition coefficient (Wildman–Crippen LogP) is 0.950. The van der Waals surface area contributed by atoms with Crippen molar-refractivity contribution >= 4 is 10.0 Å². The maximum absolute atomic E-state index is 11.8. The highest BCUT2D eigenvalue weighted by Crippen LogP contribution is 2.36. The molecule has 5 heteroatoms. The maximum atomic E-state index is 11.8. The summed E-state index contributed by atoms with van der Waals surface area (Å²) in [7, 11) is -3.13. The van der Waals surface area contributed by atoms with Crippen LogP contribution in [0, 0.1) is 11.8 Å². The average molecular weight is 248 g/mol. The van der Waals surface area contributed by atoms with Crippen molar-refractivity contribution in [3.8, 4) is 0 Å². The summed E-state index contributed by atoms with van der Waals surface area (Å²) in [5.41, 5.74) is 0. The fraction of sp³-hybridized carbons (Fsp3) is 1.00. The van der Waals surface area contributed by atoms with Gasteiger partial charge in [0, 0.05) is 13.1 Å². The first-order chi connectivity index (χ1) is 7.47. The van der Waals surface area contributed by atoms with Gasteiger partial charge in [-0.3, -0.25) is 0 Å². The van der Waals surface area contributed by atoms with Gasteiger partial charge in [0.1, 0.15) is 0 Å². The molecule has 0 aliphatic heterocycles. The molecule has 96 valence electrons. The van der Waals surface area contributed by atoms with Crippen molar-refractivity contribution in [1.29, 1.82) is 0 Å². The zero-order valence-corrected chi connectivity index (χ0v) is 11.3. The van der Waals surface area contributed by atoms with E-state index in [0.29, 0.717) is 24.9 Å². The Kier molecular flexibility index (Phi) is 5.21. The zero-order valence-electron chi connectivity index (χ0n) is 10.5. The van der Waals surface area contributed by atoms with E-state index in [1.165, 1.54) is 0 Å². The van der Waals surface area contributed by atoms with Crippen LogP contribution in [0.2, 0.25) is 0 Å². The highest BCUT2D eigenvalue weighted by atomic mass is 32.2. The van der Waals surface area contributed by atoms with Gasteiger partial charge in [-0.1, -0.05) is 13.8 Å². The molecule has 3 unspecified atom stereocenters. The van der Waals surface area contributed by atoms with Crippen LogP contribution in [0.3, 0.4) is 0 Å². The SMILES string of the molecule is CCCNCC(C)S(=O)(=O)NCC1CC1C. The molecule has 0 amide bonds. The van der Waals surface area contributed by atoms with Crippen molar-refractivity contribution < 1.29 is 8.42 Å². The molecule has 1 rings (SSSR count). The van der Waals surface area contributed by atoms with Gasteiger partial charge in [-0.2, -0.15) is 0 Å². The molecule has 1 saturated carbocycles. The number of hydrogen-bond acceptors (Lipinski definition) is 3. The topological polar surface area (TPSA) is 58.2 Å². The van der Waals surface area contributed by atoms with Gasteiger partial charge in [0.2, 0.25) is 10.0 Å². The first kappa shape index (κ1) is 13.9. The van der Waals surface area contributed by atoms with Crippen LogP contribution in [0.15, 0.2) is 0 Å². The van der Waals surface area contributed by atoms with Crippen molar-refractivity contribution in [1.82, 2.24) is 10.0 Å². The van der Waals surface area contributed by atoms with Gasteiger partial charge in [0.25, 0.3) is 0 Å². The van der Waals surface area contributed by atoms with Crippen molar-refractivity contribution in [3.63, 3.8) is 0 Å². The molecule has 1 fully saturated rings. The van der Waals surface area contributed by atoms with Crippen LogP contribution in [0.25, 0.3) is 0 Å². The molecule has 16 heavy (non-hydrogen) atoms. The summed E-state index contributed by atoms with van der Waals surface area (Å²) >= 11 is 0. The van der Waals surface area contributed by atoms with Gasteiger partial charge in [0.15, 0.2) is 0 Å². The first-order valence-corrected chi connectivity index (χ1v) is 7.71. The minimum Gasteiger partial charge on any atom is -0.315 e. The van der Waals surface area contributed by atoms with Crippen LogP contribution < -0.4 is 10.0 Å². The summed E-state index contributed by atoms with van der Waals surface area (Å²) in [4.78, 5) is 0. The zero-order chi connectivity index (χ0) is 12.2. The summed E-state index contributed by atoms with van der Waals surface area (Å²) in [5.74, 6) is 1.25. The lowest BCUT2D eigenvalue weighted by Crippen LogP contribution is -2.40. The second kappa shape index (κ2) is 5.98. The van der Waals surface area contributed by atoms with Crippen molar-refractivity contribution in [3.05, 3.63) is 0 Å². The van der Waals surface area contributed by atoms with Crippen LogP contribution in [-0.4, -0.2) is 33.3 Å². The highest BCUT2D eigenvalue weighted by Gasteiger charge is 2.33. The Balaban J connectivity index is 2.25. The molecule has 0 radical (unpaired) electrons. The molecular formula is C11H24N2O2S. The maximum Gasteiger partial charge on any atom is 0.215 e. The van der Waals surface area contributed by atoms with Crippen LogP contribution in [0.5, 0.6) is 0 Å². The van der Waals surface area contributed by atoms with Crippen LogP contribution in [-0.2, 0) is 10.0 Å². The van der Waals surface area contributed by atoms with E-state index in [9.17, 15) is 8.42 Å². The predicted molar refractivity (Wildman–Crippen MR) is 66.8 cm³/mol. The summed E-state index contributed by atoms with van der Waals surface area (Å²) in [5, 5.41) is 2.78. The Morgan fingerprint density at radius 1 is 1.44 bits per heavy atom. The molecule has 1 aliphatic rings. The minimum absolute atomic E-state index is 0.354. The Labute approximate surface area is 99.2 Å². The standard InChI is InChI=1S/C11H24N2O2S/c1-4-5-12-7-10(3)16(14,15)13-8-11-6-9(11)2/h9-13H,4-8H2,1-3H3. The van der Waals surface area contributed by atoms with E-state index < -0.39 is 10.0 Å². The molecule has 0 aromatic rings. The van der Waals surface area contributed by atoms with E-state index in [4.69, 9.17) is 0 Å². The Hall–Kier alpha value is -0.130.